The fraction of sp³-hybridized carbons (Fsp3) is 0.154. The summed E-state index contributed by atoms with van der Waals surface area (Å²) < 4.78 is 0. The van der Waals surface area contributed by atoms with Crippen LogP contribution in [0, 0.1) is 6.92 Å². The molecule has 0 bridgehead atoms. The van der Waals surface area contributed by atoms with E-state index < -0.39 is 5.97 Å². The van der Waals surface area contributed by atoms with Gasteiger partial charge in [0.2, 0.25) is 0 Å². The molecule has 0 radical (unpaired) electrons. The van der Waals surface area contributed by atoms with Crippen molar-refractivity contribution in [1.29, 1.82) is 0 Å². The van der Waals surface area contributed by atoms with E-state index in [0.717, 1.165) is 0 Å². The molecule has 5 nitrogen and oxygen atoms in total. The topological polar surface area (TPSA) is 83.0 Å². The number of aromatic nitrogens is 2. The second-order valence-electron chi connectivity index (χ2n) is 3.94. The molecule has 0 saturated carbocycles. The van der Waals surface area contributed by atoms with Gasteiger partial charge in [-0.25, -0.2) is 9.78 Å². The first kappa shape index (κ1) is 13.4. The van der Waals surface area contributed by atoms with Crippen LogP contribution in [0.2, 0.25) is 0 Å². The number of H-pyrrole nitrogens is 1. The van der Waals surface area contributed by atoms with E-state index >= 15 is 0 Å². The second kappa shape index (κ2) is 5.71. The SMILES string of the molecule is Cc1cc(=O)[nH]c(SCc2ccccc2C(=O)O)n1. The number of carboxylic acids is 1. The van der Waals surface area contributed by atoms with Crippen LogP contribution in [0.15, 0.2) is 40.3 Å². The van der Waals surface area contributed by atoms with E-state index in [0.29, 0.717) is 22.2 Å². The maximum Gasteiger partial charge on any atom is 0.335 e. The number of benzene rings is 1. The van der Waals surface area contributed by atoms with Crippen molar-refractivity contribution in [2.75, 3.05) is 0 Å². The van der Waals surface area contributed by atoms with Crippen molar-refractivity contribution < 1.29 is 9.90 Å². The lowest BCUT2D eigenvalue weighted by Gasteiger charge is -2.05. The van der Waals surface area contributed by atoms with E-state index in [9.17, 15) is 9.59 Å². The van der Waals surface area contributed by atoms with Gasteiger partial charge in [-0.3, -0.25) is 4.79 Å². The Morgan fingerprint density at radius 3 is 2.84 bits per heavy atom. The van der Waals surface area contributed by atoms with Gasteiger partial charge >= 0.3 is 5.97 Å². The summed E-state index contributed by atoms with van der Waals surface area (Å²) in [4.78, 5) is 29.2. The van der Waals surface area contributed by atoms with E-state index in [1.54, 1.807) is 31.2 Å². The minimum absolute atomic E-state index is 0.207. The van der Waals surface area contributed by atoms with E-state index in [4.69, 9.17) is 5.11 Å². The molecular formula is C13H12N2O3S. The summed E-state index contributed by atoms with van der Waals surface area (Å²) >= 11 is 1.30. The van der Waals surface area contributed by atoms with Gasteiger partial charge in [-0.2, -0.15) is 0 Å². The molecule has 0 aliphatic heterocycles. The van der Waals surface area contributed by atoms with Crippen LogP contribution in [0.25, 0.3) is 0 Å². The Kier molecular flexibility index (Phi) is 4.01. The summed E-state index contributed by atoms with van der Waals surface area (Å²) in [5.41, 5.74) is 1.40. The van der Waals surface area contributed by atoms with Gasteiger partial charge < -0.3 is 10.1 Å². The van der Waals surface area contributed by atoms with Crippen LogP contribution in [-0.2, 0) is 5.75 Å². The maximum atomic E-state index is 11.3. The number of nitrogens with zero attached hydrogens (tertiary/aromatic N) is 1. The first-order chi connectivity index (χ1) is 9.06. The number of thioether (sulfide) groups is 1. The first-order valence-electron chi connectivity index (χ1n) is 5.58. The van der Waals surface area contributed by atoms with Gasteiger partial charge in [0, 0.05) is 17.5 Å². The number of rotatable bonds is 4. The van der Waals surface area contributed by atoms with Crippen LogP contribution < -0.4 is 5.56 Å². The van der Waals surface area contributed by atoms with Gasteiger partial charge in [0.15, 0.2) is 5.16 Å². The quantitative estimate of drug-likeness (QED) is 0.659. The highest BCUT2D eigenvalue weighted by atomic mass is 32.2. The van der Waals surface area contributed by atoms with Crippen molar-refractivity contribution in [3.8, 4) is 0 Å². The summed E-state index contributed by atoms with van der Waals surface area (Å²) in [6.45, 7) is 1.74. The molecule has 2 N–H and O–H groups in total. The highest BCUT2D eigenvalue weighted by molar-refractivity contribution is 7.98. The molecule has 1 heterocycles. The fourth-order valence-corrected chi connectivity index (χ4v) is 2.55. The molecule has 98 valence electrons. The normalized spacial score (nSPS) is 10.4. The lowest BCUT2D eigenvalue weighted by atomic mass is 10.1. The maximum absolute atomic E-state index is 11.3. The molecule has 1 aromatic heterocycles. The molecule has 0 unspecified atom stereocenters. The number of aromatic amines is 1. The molecule has 0 amide bonds. The molecule has 0 aliphatic carbocycles. The highest BCUT2D eigenvalue weighted by Crippen LogP contribution is 2.21. The smallest absolute Gasteiger partial charge is 0.335 e. The molecule has 2 aromatic rings. The highest BCUT2D eigenvalue weighted by Gasteiger charge is 2.09. The molecule has 6 heteroatoms. The van der Waals surface area contributed by atoms with E-state index in [1.165, 1.54) is 17.8 Å². The van der Waals surface area contributed by atoms with Crippen molar-refractivity contribution >= 4 is 17.7 Å². The van der Waals surface area contributed by atoms with Crippen LogP contribution in [-0.4, -0.2) is 21.0 Å². The first-order valence-corrected chi connectivity index (χ1v) is 6.57. The molecule has 0 spiro atoms. The molecule has 0 fully saturated rings. The predicted molar refractivity (Wildman–Crippen MR) is 72.6 cm³/mol. The van der Waals surface area contributed by atoms with Gasteiger partial charge in [-0.15, -0.1) is 0 Å². The van der Waals surface area contributed by atoms with Crippen molar-refractivity contribution in [1.82, 2.24) is 9.97 Å². The van der Waals surface area contributed by atoms with E-state index in [1.807, 2.05) is 0 Å². The second-order valence-corrected chi connectivity index (χ2v) is 4.91. The zero-order valence-corrected chi connectivity index (χ0v) is 11.0. The Morgan fingerprint density at radius 1 is 1.42 bits per heavy atom. The minimum Gasteiger partial charge on any atom is -0.478 e. The predicted octanol–water partition coefficient (Wildman–Crippen LogP) is 2.07. The number of carboxylic acid groups (broad SMARTS) is 1. The average molecular weight is 276 g/mol. The number of aryl methyl sites for hydroxylation is 1. The summed E-state index contributed by atoms with van der Waals surface area (Å²) in [6, 6.07) is 8.20. The number of hydrogen-bond donors (Lipinski definition) is 2. The Morgan fingerprint density at radius 2 is 2.16 bits per heavy atom. The van der Waals surface area contributed by atoms with Gasteiger partial charge in [-0.1, -0.05) is 30.0 Å². The van der Waals surface area contributed by atoms with Crippen LogP contribution >= 0.6 is 11.8 Å². The standard InChI is InChI=1S/C13H12N2O3S/c1-8-6-11(16)15-13(14-8)19-7-9-4-2-3-5-10(9)12(17)18/h2-6H,7H2,1H3,(H,17,18)(H,14,15,16). The van der Waals surface area contributed by atoms with E-state index in [-0.39, 0.29) is 11.1 Å². The Bertz CT molecular complexity index is 667. The third-order valence-corrected chi connectivity index (χ3v) is 3.38. The summed E-state index contributed by atoms with van der Waals surface area (Å²) in [5.74, 6) is -0.517. The molecule has 2 rings (SSSR count). The largest absolute Gasteiger partial charge is 0.478 e. The van der Waals surface area contributed by atoms with E-state index in [2.05, 4.69) is 9.97 Å². The average Bonchev–Trinajstić information content (AvgIpc) is 2.35. The Labute approximate surface area is 113 Å². The summed E-state index contributed by atoms with van der Waals surface area (Å²) in [5, 5.41) is 9.56. The molecule has 1 aromatic carbocycles. The van der Waals surface area contributed by atoms with Crippen LogP contribution in [0.3, 0.4) is 0 Å². The lowest BCUT2D eigenvalue weighted by molar-refractivity contribution is 0.0696. The third-order valence-electron chi connectivity index (χ3n) is 2.46. The Hall–Kier alpha value is -2.08. The van der Waals surface area contributed by atoms with Crippen LogP contribution in [0.1, 0.15) is 21.6 Å². The fourth-order valence-electron chi connectivity index (χ4n) is 1.62. The molecular weight excluding hydrogens is 264 g/mol. The van der Waals surface area contributed by atoms with Gasteiger partial charge in [-0.05, 0) is 18.6 Å². The van der Waals surface area contributed by atoms with Gasteiger partial charge in [0.05, 0.1) is 5.56 Å². The zero-order valence-electron chi connectivity index (χ0n) is 10.2. The van der Waals surface area contributed by atoms with Crippen LogP contribution in [0.4, 0.5) is 0 Å². The summed E-state index contributed by atoms with van der Waals surface area (Å²) in [6.07, 6.45) is 0. The number of carbonyl (C=O) groups is 1. The van der Waals surface area contributed by atoms with Crippen LogP contribution in [0.5, 0.6) is 0 Å². The van der Waals surface area contributed by atoms with Crippen molar-refractivity contribution in [2.24, 2.45) is 0 Å². The molecule has 19 heavy (non-hydrogen) atoms. The van der Waals surface area contributed by atoms with Gasteiger partial charge in [0.25, 0.3) is 5.56 Å². The molecule has 0 saturated heterocycles. The zero-order chi connectivity index (χ0) is 13.8. The van der Waals surface area contributed by atoms with Gasteiger partial charge in [0.1, 0.15) is 0 Å². The lowest BCUT2D eigenvalue weighted by Crippen LogP contribution is -2.08. The Balaban J connectivity index is 2.19. The van der Waals surface area contributed by atoms with Crippen molar-refractivity contribution in [3.63, 3.8) is 0 Å². The number of nitrogens with one attached hydrogen (secondary N) is 1. The number of hydrogen-bond acceptors (Lipinski definition) is 4. The molecule has 0 aliphatic rings. The third kappa shape index (κ3) is 3.45. The summed E-state index contributed by atoms with van der Waals surface area (Å²) in [7, 11) is 0. The monoisotopic (exact) mass is 276 g/mol. The van der Waals surface area contributed by atoms with Crippen molar-refractivity contribution in [3.05, 3.63) is 57.5 Å². The number of aromatic carboxylic acids is 1. The minimum atomic E-state index is -0.957. The van der Waals surface area contributed by atoms with Crippen molar-refractivity contribution in [2.45, 2.75) is 17.8 Å². The molecule has 0 atom stereocenters.